The van der Waals surface area contributed by atoms with Crippen LogP contribution in [-0.2, 0) is 14.8 Å². The highest BCUT2D eigenvalue weighted by Crippen LogP contribution is 2.38. The van der Waals surface area contributed by atoms with Crippen molar-refractivity contribution in [3.63, 3.8) is 0 Å². The van der Waals surface area contributed by atoms with E-state index < -0.39 is 15.6 Å². The molecule has 2 aromatic rings. The first-order valence-electron chi connectivity index (χ1n) is 11.6. The van der Waals surface area contributed by atoms with Crippen LogP contribution in [0.1, 0.15) is 56.8 Å². The van der Waals surface area contributed by atoms with E-state index in [-0.39, 0.29) is 40.9 Å². The number of ether oxygens (including phenoxy) is 1. The number of pyridine rings is 1. The van der Waals surface area contributed by atoms with Crippen LogP contribution < -0.4 is 10.9 Å². The molecular formula is C24H33N3O5S. The van der Waals surface area contributed by atoms with Crippen LogP contribution in [0, 0.1) is 11.3 Å². The van der Waals surface area contributed by atoms with E-state index in [0.29, 0.717) is 30.0 Å². The number of nitrogens with zero attached hydrogens (tertiary/aromatic N) is 1. The van der Waals surface area contributed by atoms with E-state index >= 15 is 0 Å². The molecule has 180 valence electrons. The third-order valence-corrected chi connectivity index (χ3v) is 8.76. The minimum absolute atomic E-state index is 0.0147. The molecule has 33 heavy (non-hydrogen) atoms. The van der Waals surface area contributed by atoms with Crippen molar-refractivity contribution in [3.8, 4) is 0 Å². The predicted molar refractivity (Wildman–Crippen MR) is 127 cm³/mol. The van der Waals surface area contributed by atoms with E-state index in [2.05, 4.69) is 31.1 Å². The molecule has 9 heteroatoms. The Bertz CT molecular complexity index is 1190. The average molecular weight is 476 g/mol. The fraction of sp³-hybridized carbons (Fsp3) is 0.583. The van der Waals surface area contributed by atoms with Gasteiger partial charge in [0.1, 0.15) is 0 Å². The number of aromatic amines is 1. The van der Waals surface area contributed by atoms with Gasteiger partial charge in [0, 0.05) is 36.1 Å². The molecule has 2 atom stereocenters. The molecule has 2 fully saturated rings. The Morgan fingerprint density at radius 3 is 2.52 bits per heavy atom. The molecule has 1 saturated heterocycles. The highest BCUT2D eigenvalue weighted by Gasteiger charge is 2.35. The van der Waals surface area contributed by atoms with Gasteiger partial charge in [0.2, 0.25) is 15.6 Å². The van der Waals surface area contributed by atoms with Gasteiger partial charge in [-0.05, 0) is 42.4 Å². The minimum atomic E-state index is -3.73. The third-order valence-electron chi connectivity index (χ3n) is 6.86. The summed E-state index contributed by atoms with van der Waals surface area (Å²) in [4.78, 5) is 28.5. The second kappa shape index (κ2) is 9.19. The Morgan fingerprint density at radius 2 is 1.82 bits per heavy atom. The molecular weight excluding hydrogens is 442 g/mol. The highest BCUT2D eigenvalue weighted by atomic mass is 32.2. The molecule has 2 N–H and O–H groups in total. The van der Waals surface area contributed by atoms with Crippen LogP contribution in [0.2, 0.25) is 0 Å². The average Bonchev–Trinajstić information content (AvgIpc) is 2.78. The summed E-state index contributed by atoms with van der Waals surface area (Å²) < 4.78 is 33.0. The van der Waals surface area contributed by atoms with Gasteiger partial charge in [-0.1, -0.05) is 33.6 Å². The molecule has 8 nitrogen and oxygen atoms in total. The predicted octanol–water partition coefficient (Wildman–Crippen LogP) is 2.88. The van der Waals surface area contributed by atoms with E-state index in [1.165, 1.54) is 22.5 Å². The van der Waals surface area contributed by atoms with Crippen LogP contribution in [0.3, 0.4) is 0 Å². The quantitative estimate of drug-likeness (QED) is 0.707. The van der Waals surface area contributed by atoms with Crippen LogP contribution >= 0.6 is 0 Å². The molecule has 1 aromatic carbocycles. The molecule has 1 aliphatic carbocycles. The van der Waals surface area contributed by atoms with Gasteiger partial charge in [-0.3, -0.25) is 9.59 Å². The lowest BCUT2D eigenvalue weighted by atomic mass is 9.69. The molecule has 0 radical (unpaired) electrons. The zero-order chi connectivity index (χ0) is 23.8. The zero-order valence-corrected chi connectivity index (χ0v) is 20.3. The van der Waals surface area contributed by atoms with E-state index in [1.54, 1.807) is 6.07 Å². The van der Waals surface area contributed by atoms with E-state index in [0.717, 1.165) is 25.7 Å². The summed E-state index contributed by atoms with van der Waals surface area (Å²) in [5.41, 5.74) is 0.289. The van der Waals surface area contributed by atoms with Gasteiger partial charge in [0.25, 0.3) is 5.91 Å². The normalized spacial score (nSPS) is 22.9. The third kappa shape index (κ3) is 5.00. The number of hydrogen-bond acceptors (Lipinski definition) is 5. The first-order chi connectivity index (χ1) is 15.6. The van der Waals surface area contributed by atoms with Gasteiger partial charge < -0.3 is 15.0 Å². The second-order valence-corrected chi connectivity index (χ2v) is 12.0. The Hall–Kier alpha value is -2.23. The Kier molecular flexibility index (Phi) is 6.66. The maximum Gasteiger partial charge on any atom is 0.252 e. The molecule has 1 amide bonds. The zero-order valence-electron chi connectivity index (χ0n) is 19.5. The van der Waals surface area contributed by atoms with Gasteiger partial charge in [0.05, 0.1) is 23.7 Å². The van der Waals surface area contributed by atoms with Crippen LogP contribution in [0.5, 0.6) is 0 Å². The van der Waals surface area contributed by atoms with Gasteiger partial charge in [-0.2, -0.15) is 4.31 Å². The summed E-state index contributed by atoms with van der Waals surface area (Å²) in [5.74, 6) is -0.00566. The number of sulfonamides is 1. The fourth-order valence-corrected chi connectivity index (χ4v) is 6.54. The lowest BCUT2D eigenvalue weighted by molar-refractivity contribution is 0.0730. The lowest BCUT2D eigenvalue weighted by Gasteiger charge is -2.40. The van der Waals surface area contributed by atoms with Crippen molar-refractivity contribution in [3.05, 3.63) is 40.2 Å². The molecule has 2 unspecified atom stereocenters. The van der Waals surface area contributed by atoms with E-state index in [4.69, 9.17) is 4.74 Å². The van der Waals surface area contributed by atoms with Crippen molar-refractivity contribution in [2.45, 2.75) is 57.4 Å². The first kappa shape index (κ1) is 23.9. The van der Waals surface area contributed by atoms with Crippen LogP contribution in [0.4, 0.5) is 0 Å². The number of benzene rings is 1. The van der Waals surface area contributed by atoms with Gasteiger partial charge in [-0.15, -0.1) is 0 Å². The number of nitrogens with one attached hydrogen (secondary N) is 2. The highest BCUT2D eigenvalue weighted by molar-refractivity contribution is 7.89. The number of fused-ring (bicyclic) bond motifs is 1. The summed E-state index contributed by atoms with van der Waals surface area (Å²) in [7, 11) is -3.73. The van der Waals surface area contributed by atoms with Gasteiger partial charge in [0.15, 0.2) is 0 Å². The maximum atomic E-state index is 13.4. The summed E-state index contributed by atoms with van der Waals surface area (Å²) >= 11 is 0. The summed E-state index contributed by atoms with van der Waals surface area (Å²) in [5, 5.41) is 3.59. The largest absolute Gasteiger partial charge is 0.379 e. The number of rotatable bonds is 4. The molecule has 1 aromatic heterocycles. The maximum absolute atomic E-state index is 13.4. The Balaban J connectivity index is 1.70. The lowest BCUT2D eigenvalue weighted by Crippen LogP contribution is -2.46. The number of carbonyl (C=O) groups excluding carboxylic acids is 1. The van der Waals surface area contributed by atoms with Crippen molar-refractivity contribution >= 4 is 26.8 Å². The van der Waals surface area contributed by atoms with Crippen LogP contribution in [0.15, 0.2) is 34.0 Å². The first-order valence-corrected chi connectivity index (χ1v) is 13.1. The fourth-order valence-electron chi connectivity index (χ4n) is 5.10. The van der Waals surface area contributed by atoms with Crippen molar-refractivity contribution in [1.29, 1.82) is 0 Å². The van der Waals surface area contributed by atoms with Crippen molar-refractivity contribution in [2.24, 2.45) is 11.3 Å². The molecule has 2 heterocycles. The monoisotopic (exact) mass is 475 g/mol. The van der Waals surface area contributed by atoms with Crippen LogP contribution in [0.25, 0.3) is 10.9 Å². The summed E-state index contributed by atoms with van der Waals surface area (Å²) in [6.07, 6.45) is 4.14. The number of amides is 1. The summed E-state index contributed by atoms with van der Waals surface area (Å²) in [6.45, 7) is 7.84. The Morgan fingerprint density at radius 1 is 1.12 bits per heavy atom. The number of aromatic nitrogens is 1. The minimum Gasteiger partial charge on any atom is -0.379 e. The number of H-pyrrole nitrogens is 1. The number of morpholine rings is 1. The molecule has 1 saturated carbocycles. The van der Waals surface area contributed by atoms with Gasteiger partial charge >= 0.3 is 0 Å². The van der Waals surface area contributed by atoms with E-state index in [9.17, 15) is 18.0 Å². The molecule has 0 spiro atoms. The SMILES string of the molecule is CC(C)(C)C1CCCCC1NC(=O)c1cc(=O)[nH]c2ccc(S(=O)(=O)N3CCOCC3)cc12. The summed E-state index contributed by atoms with van der Waals surface area (Å²) in [6, 6.07) is 5.80. The number of carbonyl (C=O) groups is 1. The van der Waals surface area contributed by atoms with Crippen molar-refractivity contribution in [1.82, 2.24) is 14.6 Å². The van der Waals surface area contributed by atoms with Gasteiger partial charge in [-0.25, -0.2) is 8.42 Å². The topological polar surface area (TPSA) is 109 Å². The van der Waals surface area contributed by atoms with Crippen molar-refractivity contribution in [2.75, 3.05) is 26.3 Å². The molecule has 0 bridgehead atoms. The molecule has 2 aliphatic rings. The Labute approximate surface area is 194 Å². The van der Waals surface area contributed by atoms with Crippen LogP contribution in [-0.4, -0.2) is 56.0 Å². The number of hydrogen-bond donors (Lipinski definition) is 2. The standard InChI is InChI=1S/C24H33N3O5S/c1-24(2,3)19-6-4-5-7-21(19)26-23(29)18-15-22(28)25-20-9-8-16(14-17(18)20)33(30,31)27-10-12-32-13-11-27/h8-9,14-15,19,21H,4-7,10-13H2,1-3H3,(H,25,28)(H,26,29). The van der Waals surface area contributed by atoms with Crippen molar-refractivity contribution < 1.29 is 17.9 Å². The van der Waals surface area contributed by atoms with E-state index in [1.807, 2.05) is 0 Å². The molecule has 1 aliphatic heterocycles. The smallest absolute Gasteiger partial charge is 0.252 e. The molecule has 4 rings (SSSR count). The second-order valence-electron chi connectivity index (χ2n) is 10.1.